The van der Waals surface area contributed by atoms with Crippen LogP contribution in [0.5, 0.6) is 5.75 Å². The largest absolute Gasteiger partial charge is 0.479 e. The topological polar surface area (TPSA) is 59.1 Å². The smallest absolute Gasteiger partial charge is 0.347 e. The monoisotopic (exact) mass is 404 g/mol. The maximum atomic E-state index is 13.9. The Balaban J connectivity index is 1.43. The number of hydrogen-bond acceptors (Lipinski definition) is 5. The molecule has 154 valence electrons. The summed E-state index contributed by atoms with van der Waals surface area (Å²) in [5, 5.41) is 0. The average Bonchev–Trinajstić information content (AvgIpc) is 2.74. The van der Waals surface area contributed by atoms with Crippen LogP contribution in [0.2, 0.25) is 0 Å². The van der Waals surface area contributed by atoms with Crippen molar-refractivity contribution in [2.45, 2.75) is 13.0 Å². The van der Waals surface area contributed by atoms with E-state index < -0.39 is 24.5 Å². The van der Waals surface area contributed by atoms with E-state index in [2.05, 4.69) is 0 Å². The number of ether oxygens (including phenoxy) is 2. The van der Waals surface area contributed by atoms with Crippen molar-refractivity contribution in [2.24, 2.45) is 0 Å². The normalized spacial score (nSPS) is 15.0. The Kier molecular flexibility index (Phi) is 6.64. The quantitative estimate of drug-likeness (QED) is 0.693. The molecule has 0 bridgehead atoms. The summed E-state index contributed by atoms with van der Waals surface area (Å²) >= 11 is 0. The first-order chi connectivity index (χ1) is 13.9. The van der Waals surface area contributed by atoms with Crippen LogP contribution in [0.3, 0.4) is 0 Å². The van der Waals surface area contributed by atoms with Crippen LogP contribution in [0.4, 0.5) is 14.5 Å². The van der Waals surface area contributed by atoms with Crippen molar-refractivity contribution in [1.29, 1.82) is 0 Å². The third-order valence-electron chi connectivity index (χ3n) is 4.62. The van der Waals surface area contributed by atoms with Crippen LogP contribution < -0.4 is 9.64 Å². The van der Waals surface area contributed by atoms with Gasteiger partial charge in [0.05, 0.1) is 5.69 Å². The van der Waals surface area contributed by atoms with Crippen molar-refractivity contribution < 1.29 is 27.8 Å². The van der Waals surface area contributed by atoms with Crippen molar-refractivity contribution in [2.75, 3.05) is 37.7 Å². The van der Waals surface area contributed by atoms with E-state index in [1.807, 2.05) is 4.90 Å². The highest BCUT2D eigenvalue weighted by Gasteiger charge is 2.24. The molecule has 1 aliphatic heterocycles. The summed E-state index contributed by atoms with van der Waals surface area (Å²) in [4.78, 5) is 27.8. The number of carbonyl (C=O) groups is 2. The lowest BCUT2D eigenvalue weighted by atomic mass is 10.2. The highest BCUT2D eigenvalue weighted by molar-refractivity contribution is 5.82. The minimum Gasteiger partial charge on any atom is -0.479 e. The molecule has 0 saturated carbocycles. The van der Waals surface area contributed by atoms with E-state index in [0.29, 0.717) is 37.6 Å². The predicted octanol–water partition coefficient (Wildman–Crippen LogP) is 2.62. The van der Waals surface area contributed by atoms with E-state index >= 15 is 0 Å². The zero-order valence-electron chi connectivity index (χ0n) is 16.0. The molecule has 1 fully saturated rings. The van der Waals surface area contributed by atoms with E-state index in [1.165, 1.54) is 37.3 Å². The number of hydrogen-bond donors (Lipinski definition) is 0. The molecule has 1 heterocycles. The molecule has 1 atom stereocenters. The van der Waals surface area contributed by atoms with Crippen LogP contribution in [0.25, 0.3) is 0 Å². The Labute approximate surface area is 167 Å². The van der Waals surface area contributed by atoms with E-state index in [4.69, 9.17) is 9.47 Å². The molecule has 1 aliphatic rings. The van der Waals surface area contributed by atoms with Gasteiger partial charge in [-0.15, -0.1) is 0 Å². The van der Waals surface area contributed by atoms with Gasteiger partial charge in [0.1, 0.15) is 17.4 Å². The van der Waals surface area contributed by atoms with Gasteiger partial charge in [0.25, 0.3) is 5.91 Å². The van der Waals surface area contributed by atoms with E-state index in [0.717, 1.165) is 0 Å². The Hall–Kier alpha value is -3.16. The minimum atomic E-state index is -0.939. The second-order valence-electron chi connectivity index (χ2n) is 6.64. The third-order valence-corrected chi connectivity index (χ3v) is 4.62. The van der Waals surface area contributed by atoms with Gasteiger partial charge in [-0.3, -0.25) is 4.79 Å². The molecule has 1 amide bonds. The van der Waals surface area contributed by atoms with Crippen molar-refractivity contribution in [1.82, 2.24) is 4.90 Å². The fraction of sp³-hybridized carbons (Fsp3) is 0.333. The zero-order valence-corrected chi connectivity index (χ0v) is 16.0. The molecule has 0 unspecified atom stereocenters. The second kappa shape index (κ2) is 9.36. The Morgan fingerprint density at radius 3 is 2.31 bits per heavy atom. The van der Waals surface area contributed by atoms with Gasteiger partial charge in [0.2, 0.25) is 0 Å². The Morgan fingerprint density at radius 2 is 1.66 bits per heavy atom. The molecular weight excluding hydrogens is 382 g/mol. The molecular formula is C21H22F2N2O4. The fourth-order valence-electron chi connectivity index (χ4n) is 3.01. The first kappa shape index (κ1) is 20.6. The SMILES string of the molecule is C[C@H](Oc1ccc(F)cc1)C(=O)OCC(=O)N1CCN(c2ccccc2F)CC1. The number of para-hydroxylation sites is 1. The number of amides is 1. The van der Waals surface area contributed by atoms with E-state index in [-0.39, 0.29) is 11.7 Å². The van der Waals surface area contributed by atoms with Crippen LogP contribution in [0.1, 0.15) is 6.92 Å². The number of rotatable bonds is 6. The number of anilines is 1. The van der Waals surface area contributed by atoms with Gasteiger partial charge in [0, 0.05) is 26.2 Å². The lowest BCUT2D eigenvalue weighted by Gasteiger charge is -2.36. The van der Waals surface area contributed by atoms with Crippen molar-refractivity contribution in [3.05, 3.63) is 60.2 Å². The minimum absolute atomic E-state index is 0.295. The molecule has 1 saturated heterocycles. The summed E-state index contributed by atoms with van der Waals surface area (Å²) in [5.74, 6) is -1.38. The number of benzene rings is 2. The van der Waals surface area contributed by atoms with Gasteiger partial charge in [-0.05, 0) is 43.3 Å². The molecule has 0 radical (unpaired) electrons. The van der Waals surface area contributed by atoms with Crippen LogP contribution in [0.15, 0.2) is 48.5 Å². The summed E-state index contributed by atoms with van der Waals surface area (Å²) in [7, 11) is 0. The average molecular weight is 404 g/mol. The lowest BCUT2D eigenvalue weighted by molar-refractivity contribution is -0.157. The Morgan fingerprint density at radius 1 is 1.00 bits per heavy atom. The number of piperazine rings is 1. The van der Waals surface area contributed by atoms with Gasteiger partial charge in [-0.25, -0.2) is 13.6 Å². The summed E-state index contributed by atoms with van der Waals surface area (Å²) in [6, 6.07) is 11.8. The highest BCUT2D eigenvalue weighted by Crippen LogP contribution is 2.20. The standard InChI is InChI=1S/C21H22F2N2O4/c1-15(29-17-8-6-16(22)7-9-17)21(27)28-14-20(26)25-12-10-24(11-13-25)19-5-3-2-4-18(19)23/h2-9,15H,10-14H2,1H3/t15-/m0/s1. The molecule has 0 aromatic heterocycles. The first-order valence-electron chi connectivity index (χ1n) is 9.30. The van der Waals surface area contributed by atoms with Crippen molar-refractivity contribution >= 4 is 17.6 Å². The zero-order chi connectivity index (χ0) is 20.8. The lowest BCUT2D eigenvalue weighted by Crippen LogP contribution is -2.50. The fourth-order valence-corrected chi connectivity index (χ4v) is 3.01. The number of carbonyl (C=O) groups excluding carboxylic acids is 2. The Bertz CT molecular complexity index is 852. The molecule has 0 N–H and O–H groups in total. The molecule has 0 spiro atoms. The molecule has 2 aromatic carbocycles. The number of nitrogens with zero attached hydrogens (tertiary/aromatic N) is 2. The molecule has 3 rings (SSSR count). The van der Waals surface area contributed by atoms with Gasteiger partial charge in [-0.2, -0.15) is 0 Å². The number of halogens is 2. The third kappa shape index (κ3) is 5.43. The van der Waals surface area contributed by atoms with Gasteiger partial charge in [-0.1, -0.05) is 12.1 Å². The maximum absolute atomic E-state index is 13.9. The maximum Gasteiger partial charge on any atom is 0.347 e. The summed E-state index contributed by atoms with van der Waals surface area (Å²) in [5.41, 5.74) is 0.512. The molecule has 8 heteroatoms. The molecule has 29 heavy (non-hydrogen) atoms. The van der Waals surface area contributed by atoms with Gasteiger partial charge >= 0.3 is 5.97 Å². The predicted molar refractivity (Wildman–Crippen MR) is 103 cm³/mol. The summed E-state index contributed by atoms with van der Waals surface area (Å²) < 4.78 is 37.2. The van der Waals surface area contributed by atoms with E-state index in [9.17, 15) is 18.4 Å². The van der Waals surface area contributed by atoms with E-state index in [1.54, 1.807) is 23.1 Å². The van der Waals surface area contributed by atoms with Gasteiger partial charge < -0.3 is 19.3 Å². The van der Waals surface area contributed by atoms with Crippen LogP contribution in [0, 0.1) is 11.6 Å². The second-order valence-corrected chi connectivity index (χ2v) is 6.64. The number of esters is 1. The van der Waals surface area contributed by atoms with Crippen LogP contribution in [-0.4, -0.2) is 55.7 Å². The van der Waals surface area contributed by atoms with Crippen LogP contribution in [-0.2, 0) is 14.3 Å². The molecule has 2 aromatic rings. The first-order valence-corrected chi connectivity index (χ1v) is 9.30. The molecule has 6 nitrogen and oxygen atoms in total. The van der Waals surface area contributed by atoms with Crippen molar-refractivity contribution in [3.8, 4) is 5.75 Å². The van der Waals surface area contributed by atoms with Crippen LogP contribution >= 0.6 is 0 Å². The van der Waals surface area contributed by atoms with Crippen molar-refractivity contribution in [3.63, 3.8) is 0 Å². The highest BCUT2D eigenvalue weighted by atomic mass is 19.1. The summed E-state index contributed by atoms with van der Waals surface area (Å²) in [6.45, 7) is 2.90. The van der Waals surface area contributed by atoms with Gasteiger partial charge in [0.15, 0.2) is 12.7 Å². The summed E-state index contributed by atoms with van der Waals surface area (Å²) in [6.07, 6.45) is -0.939. The molecule has 0 aliphatic carbocycles.